The van der Waals surface area contributed by atoms with Crippen LogP contribution in [0.5, 0.6) is 0 Å². The minimum atomic E-state index is -4.24. The molecule has 4 N–H and O–H groups in total. The highest BCUT2D eigenvalue weighted by atomic mass is 32.2. The van der Waals surface area contributed by atoms with Gasteiger partial charge in [-0.15, -0.1) is 11.5 Å². The van der Waals surface area contributed by atoms with E-state index in [1.165, 1.54) is 16.9 Å². The van der Waals surface area contributed by atoms with Crippen LogP contribution in [0.3, 0.4) is 0 Å². The monoisotopic (exact) mass is 553 g/mol. The molecule has 0 bridgehead atoms. The van der Waals surface area contributed by atoms with Crippen LogP contribution in [0.4, 0.5) is 5.82 Å². The molecule has 0 fully saturated rings. The van der Waals surface area contributed by atoms with E-state index >= 15 is 0 Å². The summed E-state index contributed by atoms with van der Waals surface area (Å²) in [6.45, 7) is 1.77. The number of nitrogens with one attached hydrogen (secondary N) is 2. The lowest BCUT2D eigenvalue weighted by molar-refractivity contribution is 0.0941. The number of pyridine rings is 1. The number of hydrogen-bond acceptors (Lipinski definition) is 6. The highest BCUT2D eigenvalue weighted by molar-refractivity contribution is 7.90. The molecule has 0 spiro atoms. The normalized spacial score (nSPS) is 13.3. The van der Waals surface area contributed by atoms with Crippen molar-refractivity contribution in [2.24, 2.45) is 5.14 Å². The number of terminal acetylenes is 1. The maximum Gasteiger partial charge on any atom is 0.297 e. The van der Waals surface area contributed by atoms with E-state index < -0.39 is 22.2 Å². The zero-order valence-corrected chi connectivity index (χ0v) is 22.1. The maximum atomic E-state index is 14.1. The lowest BCUT2D eigenvalue weighted by Gasteiger charge is -2.24. The number of aryl methyl sites for hydroxylation is 2. The van der Waals surface area contributed by atoms with Gasteiger partial charge in [0, 0.05) is 23.6 Å². The Hall–Kier alpha value is -4.99. The van der Waals surface area contributed by atoms with E-state index in [0.29, 0.717) is 28.8 Å². The van der Waals surface area contributed by atoms with Crippen molar-refractivity contribution in [2.45, 2.75) is 25.8 Å². The molecule has 1 aliphatic rings. The molecule has 1 atom stereocenters. The van der Waals surface area contributed by atoms with Gasteiger partial charge in [0.05, 0.1) is 17.1 Å². The van der Waals surface area contributed by atoms with Gasteiger partial charge in [0.1, 0.15) is 5.56 Å². The van der Waals surface area contributed by atoms with Gasteiger partial charge in [-0.2, -0.15) is 8.42 Å². The Kier molecular flexibility index (Phi) is 5.90. The summed E-state index contributed by atoms with van der Waals surface area (Å²) in [6.07, 6.45) is 10.1. The molecule has 3 aromatic heterocycles. The molecular formula is C28H23N7O4S. The zero-order chi connectivity index (χ0) is 28.2. The number of rotatable bonds is 6. The molecule has 1 aliphatic carbocycles. The largest absolute Gasteiger partial charge is 0.344 e. The molecule has 0 unspecified atom stereocenters. The standard InChI is InChI=1S/C28H23N7O4S/c1-3-17-10-11-18-12-13-20-21(18)22(17)28(37)35(19-8-5-4-6-9-19)24(20)16(2)31-27(36)23-25(33-40(29,38)39)32-34-15-7-14-30-26(23)34/h1,4-11,14-16H,12-13H2,2H3,(H,31,36)(H,32,33)(H2,29,38,39)/t16-/m1/s1. The minimum Gasteiger partial charge on any atom is -0.344 e. The molecule has 5 aromatic rings. The molecular weight excluding hydrogens is 530 g/mol. The first kappa shape index (κ1) is 25.3. The van der Waals surface area contributed by atoms with Crippen LogP contribution in [-0.2, 0) is 23.1 Å². The van der Waals surface area contributed by atoms with E-state index in [1.54, 1.807) is 23.6 Å². The summed E-state index contributed by atoms with van der Waals surface area (Å²) in [5.74, 6) is 1.73. The fourth-order valence-corrected chi connectivity index (χ4v) is 5.88. The van der Waals surface area contributed by atoms with E-state index in [4.69, 9.17) is 11.6 Å². The molecule has 0 aliphatic heterocycles. The summed E-state index contributed by atoms with van der Waals surface area (Å²) in [5, 5.41) is 13.5. The summed E-state index contributed by atoms with van der Waals surface area (Å²) < 4.78 is 28.6. The number of amides is 1. The van der Waals surface area contributed by atoms with Gasteiger partial charge in [-0.3, -0.25) is 18.9 Å². The van der Waals surface area contributed by atoms with Crippen LogP contribution in [0.1, 0.15) is 45.7 Å². The van der Waals surface area contributed by atoms with E-state index in [9.17, 15) is 18.0 Å². The third-order valence-electron chi connectivity index (χ3n) is 6.99. The summed E-state index contributed by atoms with van der Waals surface area (Å²) in [7, 11) is -4.24. The van der Waals surface area contributed by atoms with Gasteiger partial charge in [-0.25, -0.2) is 14.6 Å². The van der Waals surface area contributed by atoms with Crippen LogP contribution in [-0.4, -0.2) is 33.5 Å². The predicted octanol–water partition coefficient (Wildman–Crippen LogP) is 2.22. The van der Waals surface area contributed by atoms with E-state index in [2.05, 4.69) is 26.0 Å². The highest BCUT2D eigenvalue weighted by Crippen LogP contribution is 2.36. The van der Waals surface area contributed by atoms with Crippen LogP contribution >= 0.6 is 0 Å². The van der Waals surface area contributed by atoms with Crippen LogP contribution in [0.2, 0.25) is 0 Å². The highest BCUT2D eigenvalue weighted by Gasteiger charge is 2.30. The van der Waals surface area contributed by atoms with Crippen molar-refractivity contribution in [2.75, 3.05) is 4.72 Å². The van der Waals surface area contributed by atoms with E-state index in [0.717, 1.165) is 22.9 Å². The molecule has 3 heterocycles. The number of aromatic nitrogens is 4. The predicted molar refractivity (Wildman–Crippen MR) is 150 cm³/mol. The second-order valence-electron chi connectivity index (χ2n) is 9.46. The first-order valence-corrected chi connectivity index (χ1v) is 13.9. The van der Waals surface area contributed by atoms with Crippen molar-refractivity contribution in [3.63, 3.8) is 0 Å². The second-order valence-corrected chi connectivity index (χ2v) is 10.8. The Morgan fingerprint density at radius 2 is 1.90 bits per heavy atom. The Balaban J connectivity index is 1.54. The maximum absolute atomic E-state index is 14.1. The van der Waals surface area contributed by atoms with Crippen molar-refractivity contribution >= 4 is 38.4 Å². The van der Waals surface area contributed by atoms with Gasteiger partial charge >= 0.3 is 0 Å². The van der Waals surface area contributed by atoms with Gasteiger partial charge < -0.3 is 5.32 Å². The van der Waals surface area contributed by atoms with Crippen LogP contribution in [0.15, 0.2) is 65.7 Å². The summed E-state index contributed by atoms with van der Waals surface area (Å²) in [5.41, 5.74) is 3.41. The number of anilines is 1. The van der Waals surface area contributed by atoms with E-state index in [1.807, 2.05) is 36.4 Å². The summed E-state index contributed by atoms with van der Waals surface area (Å²) in [6, 6.07) is 13.8. The molecule has 0 radical (unpaired) electrons. The molecule has 0 saturated heterocycles. The van der Waals surface area contributed by atoms with Crippen LogP contribution < -0.4 is 20.7 Å². The van der Waals surface area contributed by atoms with Gasteiger partial charge in [0.2, 0.25) is 0 Å². The molecule has 200 valence electrons. The molecule has 12 heteroatoms. The number of hydrogen-bond donors (Lipinski definition) is 3. The fraction of sp³-hybridized carbons (Fsp3) is 0.143. The molecule has 2 aromatic carbocycles. The van der Waals surface area contributed by atoms with Crippen molar-refractivity contribution < 1.29 is 13.2 Å². The number of carbonyl (C=O) groups is 1. The van der Waals surface area contributed by atoms with Crippen LogP contribution in [0.25, 0.3) is 22.1 Å². The first-order chi connectivity index (χ1) is 19.2. The number of nitrogens with two attached hydrogens (primary N) is 1. The number of fused-ring (bicyclic) bond motifs is 1. The van der Waals surface area contributed by atoms with Gasteiger partial charge in [0.25, 0.3) is 21.7 Å². The number of nitrogens with zero attached hydrogens (tertiary/aromatic N) is 4. The Morgan fingerprint density at radius 1 is 1.12 bits per heavy atom. The SMILES string of the molecule is C#Cc1ccc2c3c(c([C@@H](C)NC(=O)c4c(NS(N)(=O)=O)nn5cccnc45)n(-c4ccccc4)c(=O)c13)CC2. The molecule has 0 saturated carbocycles. The molecule has 1 amide bonds. The topological polar surface area (TPSA) is 153 Å². The lowest BCUT2D eigenvalue weighted by atomic mass is 9.97. The van der Waals surface area contributed by atoms with Gasteiger partial charge in [0.15, 0.2) is 11.5 Å². The van der Waals surface area contributed by atoms with Crippen LogP contribution in [0, 0.1) is 12.3 Å². The third-order valence-corrected chi connectivity index (χ3v) is 7.47. The Bertz CT molecular complexity index is 2060. The van der Waals surface area contributed by atoms with Gasteiger partial charge in [-0.1, -0.05) is 30.2 Å². The quantitative estimate of drug-likeness (QED) is 0.274. The molecule has 40 heavy (non-hydrogen) atoms. The smallest absolute Gasteiger partial charge is 0.297 e. The van der Waals surface area contributed by atoms with E-state index in [-0.39, 0.29) is 22.6 Å². The fourth-order valence-electron chi connectivity index (χ4n) is 5.47. The number of benzene rings is 2. The zero-order valence-electron chi connectivity index (χ0n) is 21.2. The average Bonchev–Trinajstić information content (AvgIpc) is 3.51. The third kappa shape index (κ3) is 4.08. The molecule has 11 nitrogen and oxygen atoms in total. The van der Waals surface area contributed by atoms with Gasteiger partial charge in [-0.05, 0) is 60.5 Å². The Morgan fingerprint density at radius 3 is 2.62 bits per heavy atom. The number of carbonyl (C=O) groups excluding carboxylic acids is 1. The first-order valence-electron chi connectivity index (χ1n) is 12.4. The lowest BCUT2D eigenvalue weighted by Crippen LogP contribution is -2.34. The molecule has 6 rings (SSSR count). The minimum absolute atomic E-state index is 0.109. The Labute approximate surface area is 228 Å². The van der Waals surface area contributed by atoms with Crippen molar-refractivity contribution in [1.82, 2.24) is 24.5 Å². The summed E-state index contributed by atoms with van der Waals surface area (Å²) >= 11 is 0. The van der Waals surface area contributed by atoms with Crippen molar-refractivity contribution in [3.05, 3.63) is 99.2 Å². The van der Waals surface area contributed by atoms with Crippen molar-refractivity contribution in [1.29, 1.82) is 0 Å². The summed E-state index contributed by atoms with van der Waals surface area (Å²) in [4.78, 5) is 32.0. The number of para-hydroxylation sites is 1. The second kappa shape index (κ2) is 9.33. The average molecular weight is 554 g/mol. The van der Waals surface area contributed by atoms with Crippen molar-refractivity contribution in [3.8, 4) is 18.0 Å².